The SMILES string of the molecule is CC(C)(C)OC(=O)N1CCC[C@H](CS(=O)(=O)c2cc(C#N)ccn2)C1. The van der Waals surface area contributed by atoms with Crippen molar-refractivity contribution in [3.05, 3.63) is 23.9 Å². The van der Waals surface area contributed by atoms with E-state index in [9.17, 15) is 13.2 Å². The van der Waals surface area contributed by atoms with Crippen LogP contribution in [0.25, 0.3) is 0 Å². The van der Waals surface area contributed by atoms with Gasteiger partial charge in [-0.05, 0) is 51.7 Å². The van der Waals surface area contributed by atoms with Crippen molar-refractivity contribution in [2.45, 2.75) is 44.2 Å². The van der Waals surface area contributed by atoms with Crippen molar-refractivity contribution in [3.63, 3.8) is 0 Å². The Morgan fingerprint density at radius 2 is 2.20 bits per heavy atom. The molecule has 136 valence electrons. The van der Waals surface area contributed by atoms with E-state index in [2.05, 4.69) is 4.98 Å². The normalized spacial score (nSPS) is 18.5. The first-order chi connectivity index (χ1) is 11.6. The Bertz CT molecular complexity index is 778. The zero-order valence-electron chi connectivity index (χ0n) is 14.7. The number of nitriles is 1. The molecule has 8 heteroatoms. The van der Waals surface area contributed by atoms with Crippen molar-refractivity contribution in [1.29, 1.82) is 5.26 Å². The molecule has 1 fully saturated rings. The van der Waals surface area contributed by atoms with Gasteiger partial charge in [-0.15, -0.1) is 0 Å². The number of hydrogen-bond donors (Lipinski definition) is 0. The van der Waals surface area contributed by atoms with E-state index < -0.39 is 21.5 Å². The molecule has 0 aliphatic carbocycles. The van der Waals surface area contributed by atoms with E-state index in [4.69, 9.17) is 10.00 Å². The molecule has 1 amide bonds. The summed E-state index contributed by atoms with van der Waals surface area (Å²) in [7, 11) is -3.62. The molecule has 0 bridgehead atoms. The lowest BCUT2D eigenvalue weighted by Crippen LogP contribution is -2.44. The third kappa shape index (κ3) is 5.43. The van der Waals surface area contributed by atoms with Gasteiger partial charge in [-0.3, -0.25) is 0 Å². The molecule has 0 aromatic carbocycles. The summed E-state index contributed by atoms with van der Waals surface area (Å²) in [5.74, 6) is -0.285. The Balaban J connectivity index is 2.06. The number of hydrogen-bond acceptors (Lipinski definition) is 6. The van der Waals surface area contributed by atoms with Crippen LogP contribution in [0.1, 0.15) is 39.2 Å². The van der Waals surface area contributed by atoms with E-state index >= 15 is 0 Å². The largest absolute Gasteiger partial charge is 0.444 e. The lowest BCUT2D eigenvalue weighted by Gasteiger charge is -2.34. The number of aromatic nitrogens is 1. The van der Waals surface area contributed by atoms with Gasteiger partial charge in [0.05, 0.1) is 17.4 Å². The third-order valence-corrected chi connectivity index (χ3v) is 5.58. The van der Waals surface area contributed by atoms with Crippen molar-refractivity contribution in [1.82, 2.24) is 9.88 Å². The number of ether oxygens (including phenoxy) is 1. The number of carbonyl (C=O) groups is 1. The predicted octanol–water partition coefficient (Wildman–Crippen LogP) is 2.37. The highest BCUT2D eigenvalue weighted by atomic mass is 32.2. The summed E-state index contributed by atoms with van der Waals surface area (Å²) < 4.78 is 30.5. The number of pyridine rings is 1. The highest BCUT2D eigenvalue weighted by Crippen LogP contribution is 2.23. The zero-order chi connectivity index (χ0) is 18.7. The Kier molecular flexibility index (Phi) is 5.68. The molecular weight excluding hydrogens is 342 g/mol. The number of rotatable bonds is 3. The molecule has 1 saturated heterocycles. The average molecular weight is 365 g/mol. The number of carbonyl (C=O) groups excluding carboxylic acids is 1. The van der Waals surface area contributed by atoms with Crippen LogP contribution in [0.2, 0.25) is 0 Å². The summed E-state index contributed by atoms with van der Waals surface area (Å²) in [6, 6.07) is 4.66. The van der Waals surface area contributed by atoms with Crippen LogP contribution in [0, 0.1) is 17.2 Å². The van der Waals surface area contributed by atoms with Crippen LogP contribution >= 0.6 is 0 Å². The van der Waals surface area contributed by atoms with Crippen LogP contribution < -0.4 is 0 Å². The van der Waals surface area contributed by atoms with Crippen LogP contribution in [-0.2, 0) is 14.6 Å². The molecule has 7 nitrogen and oxygen atoms in total. The van der Waals surface area contributed by atoms with Gasteiger partial charge in [-0.1, -0.05) is 0 Å². The van der Waals surface area contributed by atoms with E-state index in [0.29, 0.717) is 13.1 Å². The number of likely N-dealkylation sites (tertiary alicyclic amines) is 1. The van der Waals surface area contributed by atoms with E-state index in [1.807, 2.05) is 6.07 Å². The second-order valence-electron chi connectivity index (χ2n) is 7.21. The summed E-state index contributed by atoms with van der Waals surface area (Å²) in [6.45, 7) is 6.29. The van der Waals surface area contributed by atoms with E-state index in [-0.39, 0.29) is 22.3 Å². The van der Waals surface area contributed by atoms with Gasteiger partial charge >= 0.3 is 6.09 Å². The third-order valence-electron chi connectivity index (χ3n) is 3.81. The van der Waals surface area contributed by atoms with Crippen LogP contribution in [-0.4, -0.2) is 48.8 Å². The maximum Gasteiger partial charge on any atom is 0.410 e. The molecule has 0 N–H and O–H groups in total. The van der Waals surface area contributed by atoms with Crippen molar-refractivity contribution in [3.8, 4) is 6.07 Å². The molecule has 1 atom stereocenters. The monoisotopic (exact) mass is 365 g/mol. The number of piperidine rings is 1. The number of nitrogens with zero attached hydrogens (tertiary/aromatic N) is 3. The van der Waals surface area contributed by atoms with Gasteiger partial charge in [0.2, 0.25) is 0 Å². The minimum absolute atomic E-state index is 0.0964. The van der Waals surface area contributed by atoms with Crippen LogP contribution in [0.3, 0.4) is 0 Å². The van der Waals surface area contributed by atoms with E-state index in [1.54, 1.807) is 25.7 Å². The zero-order valence-corrected chi connectivity index (χ0v) is 15.5. The molecule has 0 spiro atoms. The summed E-state index contributed by atoms with van der Waals surface area (Å²) in [5, 5.41) is 8.81. The van der Waals surface area contributed by atoms with Gasteiger partial charge in [-0.25, -0.2) is 18.2 Å². The smallest absolute Gasteiger partial charge is 0.410 e. The maximum atomic E-state index is 12.6. The molecule has 2 heterocycles. The molecule has 1 aromatic heterocycles. The number of sulfone groups is 1. The van der Waals surface area contributed by atoms with Crippen molar-refractivity contribution in [2.24, 2.45) is 5.92 Å². The number of amides is 1. The molecule has 0 unspecified atom stereocenters. The topological polar surface area (TPSA) is 100 Å². The van der Waals surface area contributed by atoms with Gasteiger partial charge < -0.3 is 9.64 Å². The fourth-order valence-electron chi connectivity index (χ4n) is 2.74. The molecular formula is C17H23N3O4S. The minimum atomic E-state index is -3.62. The first kappa shape index (κ1) is 19.2. The van der Waals surface area contributed by atoms with Crippen molar-refractivity contribution < 1.29 is 17.9 Å². The highest BCUT2D eigenvalue weighted by Gasteiger charge is 2.31. The summed E-state index contributed by atoms with van der Waals surface area (Å²) >= 11 is 0. The maximum absolute atomic E-state index is 12.6. The Labute approximate surface area is 148 Å². The quantitative estimate of drug-likeness (QED) is 0.815. The Morgan fingerprint density at radius 1 is 1.48 bits per heavy atom. The molecule has 2 rings (SSSR count). The molecule has 25 heavy (non-hydrogen) atoms. The summed E-state index contributed by atoms with van der Waals surface area (Å²) in [4.78, 5) is 17.6. The molecule has 0 saturated carbocycles. The fourth-order valence-corrected chi connectivity index (χ4v) is 4.33. The van der Waals surface area contributed by atoms with Gasteiger partial charge in [-0.2, -0.15) is 5.26 Å². The lowest BCUT2D eigenvalue weighted by molar-refractivity contribution is 0.0176. The predicted molar refractivity (Wildman–Crippen MR) is 91.5 cm³/mol. The highest BCUT2D eigenvalue weighted by molar-refractivity contribution is 7.91. The second kappa shape index (κ2) is 7.40. The van der Waals surface area contributed by atoms with Crippen LogP contribution in [0.5, 0.6) is 0 Å². The summed E-state index contributed by atoms with van der Waals surface area (Å²) in [6.07, 6.45) is 2.35. The van der Waals surface area contributed by atoms with E-state index in [0.717, 1.165) is 12.8 Å². The molecule has 0 radical (unpaired) electrons. The fraction of sp³-hybridized carbons (Fsp3) is 0.588. The lowest BCUT2D eigenvalue weighted by atomic mass is 10.0. The van der Waals surface area contributed by atoms with Gasteiger partial charge in [0.1, 0.15) is 5.60 Å². The van der Waals surface area contributed by atoms with Crippen LogP contribution in [0.4, 0.5) is 4.79 Å². The molecule has 1 aliphatic rings. The van der Waals surface area contributed by atoms with Gasteiger partial charge in [0, 0.05) is 19.3 Å². The molecule has 1 aromatic rings. The minimum Gasteiger partial charge on any atom is -0.444 e. The standard InChI is InChI=1S/C17H23N3O4S/c1-17(2,3)24-16(21)20-8-4-5-14(11-20)12-25(22,23)15-9-13(10-18)6-7-19-15/h6-7,9,14H,4-5,8,11-12H2,1-3H3/t14-/m0/s1. The second-order valence-corrected chi connectivity index (χ2v) is 9.19. The van der Waals surface area contributed by atoms with Crippen molar-refractivity contribution in [2.75, 3.05) is 18.8 Å². The first-order valence-corrected chi connectivity index (χ1v) is 9.83. The van der Waals surface area contributed by atoms with Gasteiger partial charge in [0.25, 0.3) is 0 Å². The van der Waals surface area contributed by atoms with Crippen molar-refractivity contribution >= 4 is 15.9 Å². The summed E-state index contributed by atoms with van der Waals surface area (Å²) in [5.41, 5.74) is -0.329. The average Bonchev–Trinajstić information content (AvgIpc) is 2.53. The Morgan fingerprint density at radius 3 is 2.84 bits per heavy atom. The van der Waals surface area contributed by atoms with E-state index in [1.165, 1.54) is 18.3 Å². The Hall–Kier alpha value is -2.14. The van der Waals surface area contributed by atoms with Gasteiger partial charge in [0.15, 0.2) is 14.9 Å². The molecule has 1 aliphatic heterocycles. The first-order valence-electron chi connectivity index (χ1n) is 8.17. The van der Waals surface area contributed by atoms with Crippen LogP contribution in [0.15, 0.2) is 23.4 Å².